The van der Waals surface area contributed by atoms with Gasteiger partial charge in [-0.1, -0.05) is 20.8 Å². The predicted octanol–water partition coefficient (Wildman–Crippen LogP) is 2.77. The van der Waals surface area contributed by atoms with Crippen molar-refractivity contribution in [1.29, 1.82) is 0 Å². The minimum Gasteiger partial charge on any atom is -0.312 e. The highest BCUT2D eigenvalue weighted by atomic mass is 32.2. The standard InChI is InChI=1S/C20H26N4O4S2/c1-4-18(25)24-9-7-14-12-15(5-6-17(14)24)30(27,28)23-16(11-13(2)3)19(26)22-20-21-8-10-29-20/h5-6,8,10,12-13,16,23H,4,7,9,11H2,1-3H3,(H,21,22,26)/t16-/m1/s1. The highest BCUT2D eigenvalue weighted by Crippen LogP contribution is 2.30. The van der Waals surface area contributed by atoms with Crippen LogP contribution in [0.3, 0.4) is 0 Å². The molecule has 0 bridgehead atoms. The van der Waals surface area contributed by atoms with Gasteiger partial charge in [-0.25, -0.2) is 13.4 Å². The molecule has 1 aromatic heterocycles. The predicted molar refractivity (Wildman–Crippen MR) is 117 cm³/mol. The number of carbonyl (C=O) groups excluding carboxylic acids is 2. The van der Waals surface area contributed by atoms with Crippen LogP contribution in [0.5, 0.6) is 0 Å². The summed E-state index contributed by atoms with van der Waals surface area (Å²) in [5, 5.41) is 4.82. The van der Waals surface area contributed by atoms with Gasteiger partial charge in [0.15, 0.2) is 5.13 Å². The molecule has 0 fully saturated rings. The Labute approximate surface area is 180 Å². The average molecular weight is 451 g/mol. The van der Waals surface area contributed by atoms with Crippen molar-refractivity contribution in [2.24, 2.45) is 5.92 Å². The second-order valence-corrected chi connectivity index (χ2v) is 10.2. The van der Waals surface area contributed by atoms with Crippen LogP contribution >= 0.6 is 11.3 Å². The minimum atomic E-state index is -3.93. The maximum atomic E-state index is 13.0. The first kappa shape index (κ1) is 22.4. The van der Waals surface area contributed by atoms with Crippen LogP contribution in [0.25, 0.3) is 0 Å². The van der Waals surface area contributed by atoms with Crippen molar-refractivity contribution in [3.8, 4) is 0 Å². The number of carbonyl (C=O) groups is 2. The molecule has 10 heteroatoms. The first-order chi connectivity index (χ1) is 14.2. The molecule has 0 saturated heterocycles. The van der Waals surface area contributed by atoms with E-state index in [1.165, 1.54) is 17.4 Å². The topological polar surface area (TPSA) is 108 Å². The SMILES string of the molecule is CCC(=O)N1CCc2cc(S(=O)(=O)N[C@H](CC(C)C)C(=O)Nc3nccs3)ccc21. The monoisotopic (exact) mass is 450 g/mol. The van der Waals surface area contributed by atoms with Crippen LogP contribution in [0.15, 0.2) is 34.7 Å². The van der Waals surface area contributed by atoms with Gasteiger partial charge >= 0.3 is 0 Å². The fraction of sp³-hybridized carbons (Fsp3) is 0.450. The fourth-order valence-corrected chi connectivity index (χ4v) is 5.20. The summed E-state index contributed by atoms with van der Waals surface area (Å²) in [6.07, 6.45) is 2.91. The summed E-state index contributed by atoms with van der Waals surface area (Å²) in [7, 11) is -3.93. The van der Waals surface area contributed by atoms with E-state index in [9.17, 15) is 18.0 Å². The lowest BCUT2D eigenvalue weighted by atomic mass is 10.0. The van der Waals surface area contributed by atoms with E-state index in [1.54, 1.807) is 35.5 Å². The van der Waals surface area contributed by atoms with E-state index in [2.05, 4.69) is 15.0 Å². The van der Waals surface area contributed by atoms with Crippen molar-refractivity contribution in [2.45, 2.75) is 51.0 Å². The third-order valence-electron chi connectivity index (χ3n) is 4.84. The molecule has 2 N–H and O–H groups in total. The van der Waals surface area contributed by atoms with Gasteiger partial charge in [0.05, 0.1) is 4.90 Å². The number of sulfonamides is 1. The first-order valence-electron chi connectivity index (χ1n) is 9.87. The Balaban J connectivity index is 1.81. The van der Waals surface area contributed by atoms with Crippen molar-refractivity contribution >= 4 is 44.0 Å². The van der Waals surface area contributed by atoms with Crippen molar-refractivity contribution in [3.63, 3.8) is 0 Å². The van der Waals surface area contributed by atoms with Gasteiger partial charge in [0.2, 0.25) is 21.8 Å². The number of nitrogens with zero attached hydrogens (tertiary/aromatic N) is 2. The van der Waals surface area contributed by atoms with Crippen molar-refractivity contribution in [2.75, 3.05) is 16.8 Å². The molecule has 3 rings (SSSR count). The molecule has 0 aliphatic carbocycles. The zero-order chi connectivity index (χ0) is 21.9. The van der Waals surface area contributed by atoms with E-state index in [-0.39, 0.29) is 16.7 Å². The maximum absolute atomic E-state index is 13.0. The third kappa shape index (κ3) is 5.05. The van der Waals surface area contributed by atoms with Gasteiger partial charge in [-0.3, -0.25) is 9.59 Å². The van der Waals surface area contributed by atoms with Gasteiger partial charge in [0.25, 0.3) is 0 Å². The van der Waals surface area contributed by atoms with Gasteiger partial charge < -0.3 is 10.2 Å². The number of hydrogen-bond donors (Lipinski definition) is 2. The Hall–Kier alpha value is -2.30. The summed E-state index contributed by atoms with van der Waals surface area (Å²) in [6, 6.07) is 3.81. The summed E-state index contributed by atoms with van der Waals surface area (Å²) in [5.41, 5.74) is 1.56. The fourth-order valence-electron chi connectivity index (χ4n) is 3.41. The quantitative estimate of drug-likeness (QED) is 0.643. The molecule has 30 heavy (non-hydrogen) atoms. The number of hydrogen-bond acceptors (Lipinski definition) is 6. The maximum Gasteiger partial charge on any atom is 0.244 e. The lowest BCUT2D eigenvalue weighted by molar-refractivity contribution is -0.118. The van der Waals surface area contributed by atoms with Gasteiger partial charge in [0.1, 0.15) is 6.04 Å². The van der Waals surface area contributed by atoms with E-state index in [4.69, 9.17) is 0 Å². The molecule has 1 atom stereocenters. The van der Waals surface area contributed by atoms with Crippen LogP contribution in [-0.2, 0) is 26.0 Å². The summed E-state index contributed by atoms with van der Waals surface area (Å²) in [6.45, 7) is 6.19. The smallest absolute Gasteiger partial charge is 0.244 e. The lowest BCUT2D eigenvalue weighted by Gasteiger charge is -2.20. The lowest BCUT2D eigenvalue weighted by Crippen LogP contribution is -2.44. The molecule has 8 nitrogen and oxygen atoms in total. The van der Waals surface area contributed by atoms with Crippen LogP contribution < -0.4 is 14.9 Å². The molecule has 162 valence electrons. The Morgan fingerprint density at radius 1 is 1.30 bits per heavy atom. The first-order valence-corrected chi connectivity index (χ1v) is 12.2. The van der Waals surface area contributed by atoms with Crippen LogP contribution in [0.1, 0.15) is 39.2 Å². The molecule has 2 heterocycles. The van der Waals surface area contributed by atoms with Gasteiger partial charge in [-0.2, -0.15) is 4.72 Å². The molecule has 1 aliphatic heterocycles. The van der Waals surface area contributed by atoms with Crippen LogP contribution in [0, 0.1) is 5.92 Å². The molecule has 0 radical (unpaired) electrons. The summed E-state index contributed by atoms with van der Waals surface area (Å²) in [5.74, 6) is -0.324. The molecule has 2 aromatic rings. The van der Waals surface area contributed by atoms with Gasteiger partial charge in [-0.05, 0) is 42.5 Å². The number of aromatic nitrogens is 1. The van der Waals surface area contributed by atoms with E-state index in [0.717, 1.165) is 11.3 Å². The second-order valence-electron chi connectivity index (χ2n) is 7.57. The Kier molecular flexibility index (Phi) is 6.89. The molecule has 0 saturated carbocycles. The summed E-state index contributed by atoms with van der Waals surface area (Å²) < 4.78 is 28.6. The number of amides is 2. The molecule has 0 unspecified atom stereocenters. The molecule has 2 amide bonds. The summed E-state index contributed by atoms with van der Waals surface area (Å²) >= 11 is 1.27. The number of thiazole rings is 1. The van der Waals surface area contributed by atoms with Crippen molar-refractivity contribution in [1.82, 2.24) is 9.71 Å². The van der Waals surface area contributed by atoms with Gasteiger partial charge in [-0.15, -0.1) is 11.3 Å². The number of rotatable bonds is 8. The Morgan fingerprint density at radius 2 is 2.07 bits per heavy atom. The zero-order valence-corrected chi connectivity index (χ0v) is 18.8. The van der Waals surface area contributed by atoms with E-state index in [1.807, 2.05) is 13.8 Å². The van der Waals surface area contributed by atoms with Crippen LogP contribution in [0.2, 0.25) is 0 Å². The highest BCUT2D eigenvalue weighted by molar-refractivity contribution is 7.89. The average Bonchev–Trinajstić information content (AvgIpc) is 3.35. The highest BCUT2D eigenvalue weighted by Gasteiger charge is 2.29. The number of anilines is 2. The van der Waals surface area contributed by atoms with Crippen LogP contribution in [-0.4, -0.2) is 37.8 Å². The van der Waals surface area contributed by atoms with E-state index in [0.29, 0.717) is 30.9 Å². The third-order valence-corrected chi connectivity index (χ3v) is 7.00. The summed E-state index contributed by atoms with van der Waals surface area (Å²) in [4.78, 5) is 30.5. The number of benzene rings is 1. The van der Waals surface area contributed by atoms with Crippen molar-refractivity contribution in [3.05, 3.63) is 35.3 Å². The number of nitrogens with one attached hydrogen (secondary N) is 2. The molecule has 0 spiro atoms. The number of fused-ring (bicyclic) bond motifs is 1. The molecular formula is C20H26N4O4S2. The minimum absolute atomic E-state index is 0.0123. The van der Waals surface area contributed by atoms with E-state index >= 15 is 0 Å². The second kappa shape index (κ2) is 9.23. The normalized spacial score (nSPS) is 14.6. The zero-order valence-electron chi connectivity index (χ0n) is 17.2. The van der Waals surface area contributed by atoms with Crippen LogP contribution in [0.4, 0.5) is 10.8 Å². The molecular weight excluding hydrogens is 424 g/mol. The molecule has 1 aliphatic rings. The van der Waals surface area contributed by atoms with Crippen molar-refractivity contribution < 1.29 is 18.0 Å². The Morgan fingerprint density at radius 3 is 2.70 bits per heavy atom. The Bertz CT molecular complexity index is 1020. The van der Waals surface area contributed by atoms with E-state index < -0.39 is 22.0 Å². The largest absolute Gasteiger partial charge is 0.312 e. The molecule has 1 aromatic carbocycles. The van der Waals surface area contributed by atoms with Gasteiger partial charge in [0, 0.05) is 30.2 Å².